The standard InChI is InChI=1S/C8H15NO3/c1-7-6-9(4-5-12-7)3-2-8(10)11/h7H,2-6H2,1H3,(H,10,11). The van der Waals surface area contributed by atoms with E-state index in [1.807, 2.05) is 6.92 Å². The molecule has 0 radical (unpaired) electrons. The van der Waals surface area contributed by atoms with Gasteiger partial charge in [0.15, 0.2) is 0 Å². The molecule has 0 saturated carbocycles. The van der Waals surface area contributed by atoms with E-state index >= 15 is 0 Å². The quantitative estimate of drug-likeness (QED) is 0.661. The Labute approximate surface area is 72.1 Å². The number of aliphatic carboxylic acids is 1. The van der Waals surface area contributed by atoms with Gasteiger partial charge in [-0.1, -0.05) is 0 Å². The number of morpholine rings is 1. The predicted octanol–water partition coefficient (Wildman–Crippen LogP) is 0.182. The molecular weight excluding hydrogens is 158 g/mol. The molecule has 1 rings (SSSR count). The van der Waals surface area contributed by atoms with E-state index in [-0.39, 0.29) is 12.5 Å². The van der Waals surface area contributed by atoms with Crippen molar-refractivity contribution in [2.75, 3.05) is 26.2 Å². The minimum absolute atomic E-state index is 0.229. The molecule has 1 aliphatic rings. The summed E-state index contributed by atoms with van der Waals surface area (Å²) in [5, 5.41) is 8.45. The van der Waals surface area contributed by atoms with Gasteiger partial charge in [0, 0.05) is 19.6 Å². The van der Waals surface area contributed by atoms with Crippen LogP contribution >= 0.6 is 0 Å². The Hall–Kier alpha value is -0.610. The summed E-state index contributed by atoms with van der Waals surface area (Å²) in [6, 6.07) is 0. The first-order chi connectivity index (χ1) is 5.68. The number of nitrogens with zero attached hydrogens (tertiary/aromatic N) is 1. The minimum atomic E-state index is -0.728. The highest BCUT2D eigenvalue weighted by molar-refractivity contribution is 5.66. The highest BCUT2D eigenvalue weighted by Gasteiger charge is 2.16. The van der Waals surface area contributed by atoms with Crippen molar-refractivity contribution in [3.05, 3.63) is 0 Å². The molecule has 1 aliphatic heterocycles. The molecule has 0 spiro atoms. The van der Waals surface area contributed by atoms with Gasteiger partial charge in [-0.05, 0) is 6.92 Å². The molecule has 1 N–H and O–H groups in total. The number of hydrogen-bond donors (Lipinski definition) is 1. The van der Waals surface area contributed by atoms with E-state index in [0.29, 0.717) is 6.54 Å². The van der Waals surface area contributed by atoms with Gasteiger partial charge in [0.05, 0.1) is 19.1 Å². The van der Waals surface area contributed by atoms with Crippen LogP contribution in [0.1, 0.15) is 13.3 Å². The van der Waals surface area contributed by atoms with Crippen LogP contribution in [-0.4, -0.2) is 48.3 Å². The van der Waals surface area contributed by atoms with Crippen LogP contribution in [0.3, 0.4) is 0 Å². The zero-order valence-electron chi connectivity index (χ0n) is 7.32. The van der Waals surface area contributed by atoms with E-state index in [1.165, 1.54) is 0 Å². The molecular formula is C8H15NO3. The van der Waals surface area contributed by atoms with Crippen LogP contribution in [0.25, 0.3) is 0 Å². The minimum Gasteiger partial charge on any atom is -0.481 e. The third kappa shape index (κ3) is 3.19. The predicted molar refractivity (Wildman–Crippen MR) is 44.1 cm³/mol. The second-order valence-electron chi connectivity index (χ2n) is 3.13. The first-order valence-electron chi connectivity index (χ1n) is 4.24. The lowest BCUT2D eigenvalue weighted by molar-refractivity contribution is -0.137. The Morgan fingerprint density at radius 1 is 1.75 bits per heavy atom. The van der Waals surface area contributed by atoms with E-state index in [2.05, 4.69) is 4.90 Å². The SMILES string of the molecule is CC1CN(CCC(=O)O)CCO1. The number of hydrogen-bond acceptors (Lipinski definition) is 3. The first-order valence-corrected chi connectivity index (χ1v) is 4.24. The Morgan fingerprint density at radius 2 is 2.50 bits per heavy atom. The maximum atomic E-state index is 10.3. The number of carboxylic acids is 1. The molecule has 1 fully saturated rings. The summed E-state index contributed by atoms with van der Waals surface area (Å²) in [4.78, 5) is 12.4. The van der Waals surface area contributed by atoms with Crippen LogP contribution in [0, 0.1) is 0 Å². The molecule has 12 heavy (non-hydrogen) atoms. The van der Waals surface area contributed by atoms with Gasteiger partial charge < -0.3 is 9.84 Å². The van der Waals surface area contributed by atoms with E-state index < -0.39 is 5.97 Å². The average Bonchev–Trinajstić information content (AvgIpc) is 2.01. The summed E-state index contributed by atoms with van der Waals surface area (Å²) in [5.41, 5.74) is 0. The monoisotopic (exact) mass is 173 g/mol. The molecule has 0 amide bonds. The normalized spacial score (nSPS) is 25.6. The highest BCUT2D eigenvalue weighted by atomic mass is 16.5. The van der Waals surface area contributed by atoms with Crippen molar-refractivity contribution in [1.82, 2.24) is 4.90 Å². The molecule has 1 atom stereocenters. The summed E-state index contributed by atoms with van der Waals surface area (Å²) in [6.45, 7) is 5.08. The van der Waals surface area contributed by atoms with Gasteiger partial charge in [-0.15, -0.1) is 0 Å². The zero-order valence-corrected chi connectivity index (χ0v) is 7.32. The van der Waals surface area contributed by atoms with Gasteiger partial charge in [-0.2, -0.15) is 0 Å². The third-order valence-electron chi connectivity index (χ3n) is 1.97. The van der Waals surface area contributed by atoms with Crippen molar-refractivity contribution < 1.29 is 14.6 Å². The topological polar surface area (TPSA) is 49.8 Å². The molecule has 1 unspecified atom stereocenters. The molecule has 1 heterocycles. The summed E-state index contributed by atoms with van der Waals surface area (Å²) in [6.07, 6.45) is 0.472. The summed E-state index contributed by atoms with van der Waals surface area (Å²) < 4.78 is 5.33. The Bertz CT molecular complexity index is 160. The molecule has 0 bridgehead atoms. The van der Waals surface area contributed by atoms with Gasteiger partial charge in [-0.3, -0.25) is 9.69 Å². The molecule has 70 valence electrons. The lowest BCUT2D eigenvalue weighted by Crippen LogP contribution is -2.41. The van der Waals surface area contributed by atoms with Crippen LogP contribution in [0.15, 0.2) is 0 Å². The molecule has 0 aromatic heterocycles. The molecule has 0 aliphatic carbocycles. The van der Waals surface area contributed by atoms with Crippen molar-refractivity contribution in [3.63, 3.8) is 0 Å². The number of carbonyl (C=O) groups is 1. The molecule has 4 heteroatoms. The Balaban J connectivity index is 2.18. The zero-order chi connectivity index (χ0) is 8.97. The van der Waals surface area contributed by atoms with Gasteiger partial charge in [-0.25, -0.2) is 0 Å². The van der Waals surface area contributed by atoms with Crippen LogP contribution in [0.4, 0.5) is 0 Å². The maximum absolute atomic E-state index is 10.3. The fourth-order valence-electron chi connectivity index (χ4n) is 1.35. The van der Waals surface area contributed by atoms with E-state index in [4.69, 9.17) is 9.84 Å². The lowest BCUT2D eigenvalue weighted by atomic mass is 10.3. The molecule has 0 aromatic rings. The van der Waals surface area contributed by atoms with Gasteiger partial charge in [0.25, 0.3) is 0 Å². The van der Waals surface area contributed by atoms with Crippen LogP contribution in [0.5, 0.6) is 0 Å². The van der Waals surface area contributed by atoms with Crippen LogP contribution < -0.4 is 0 Å². The Morgan fingerprint density at radius 3 is 3.08 bits per heavy atom. The first kappa shape index (κ1) is 9.48. The van der Waals surface area contributed by atoms with Crippen LogP contribution in [0.2, 0.25) is 0 Å². The van der Waals surface area contributed by atoms with Crippen LogP contribution in [-0.2, 0) is 9.53 Å². The van der Waals surface area contributed by atoms with E-state index in [9.17, 15) is 4.79 Å². The summed E-state index contributed by atoms with van der Waals surface area (Å²) in [5.74, 6) is -0.728. The van der Waals surface area contributed by atoms with E-state index in [1.54, 1.807) is 0 Å². The maximum Gasteiger partial charge on any atom is 0.304 e. The highest BCUT2D eigenvalue weighted by Crippen LogP contribution is 2.04. The van der Waals surface area contributed by atoms with Crippen molar-refractivity contribution in [2.45, 2.75) is 19.4 Å². The molecule has 0 aromatic carbocycles. The fraction of sp³-hybridized carbons (Fsp3) is 0.875. The number of ether oxygens (including phenoxy) is 1. The van der Waals surface area contributed by atoms with Gasteiger partial charge >= 0.3 is 5.97 Å². The third-order valence-corrected chi connectivity index (χ3v) is 1.97. The van der Waals surface area contributed by atoms with Gasteiger partial charge in [0.1, 0.15) is 0 Å². The second kappa shape index (κ2) is 4.42. The summed E-state index contributed by atoms with van der Waals surface area (Å²) >= 11 is 0. The van der Waals surface area contributed by atoms with Crippen molar-refractivity contribution in [1.29, 1.82) is 0 Å². The smallest absolute Gasteiger partial charge is 0.304 e. The number of carboxylic acid groups (broad SMARTS) is 1. The Kier molecular flexibility index (Phi) is 3.49. The fourth-order valence-corrected chi connectivity index (χ4v) is 1.35. The van der Waals surface area contributed by atoms with Crippen molar-refractivity contribution in [2.24, 2.45) is 0 Å². The second-order valence-corrected chi connectivity index (χ2v) is 3.13. The van der Waals surface area contributed by atoms with Crippen molar-refractivity contribution in [3.8, 4) is 0 Å². The summed E-state index contributed by atoms with van der Waals surface area (Å²) in [7, 11) is 0. The molecule has 1 saturated heterocycles. The van der Waals surface area contributed by atoms with Crippen molar-refractivity contribution >= 4 is 5.97 Å². The number of rotatable bonds is 3. The lowest BCUT2D eigenvalue weighted by Gasteiger charge is -2.30. The van der Waals surface area contributed by atoms with Gasteiger partial charge in [0.2, 0.25) is 0 Å². The average molecular weight is 173 g/mol. The largest absolute Gasteiger partial charge is 0.481 e. The van der Waals surface area contributed by atoms with E-state index in [0.717, 1.165) is 19.7 Å². The molecule has 4 nitrogen and oxygen atoms in total.